The standard InChI is InChI=1S/C47H32N2O/c1-2-13-34-29-35(24-23-31(34)11-1)32-25-27-36(28-26-32)49(44-20-7-5-16-39(44)38-18-9-14-33-12-3-4-15-37(33)38)45-21-10-19-43-42(45)30-41-40-17-6-8-22-46(40)50-47(41)48-43/h1-8,10-17,19-30H,9,18H2. The molecular formula is C47H32N2O. The summed E-state index contributed by atoms with van der Waals surface area (Å²) in [7, 11) is 0. The van der Waals surface area contributed by atoms with Crippen LogP contribution in [0.15, 0.2) is 168 Å². The molecule has 0 fully saturated rings. The van der Waals surface area contributed by atoms with Crippen LogP contribution in [0.25, 0.3) is 66.5 Å². The smallest absolute Gasteiger partial charge is 0.227 e. The molecule has 1 aliphatic carbocycles. The van der Waals surface area contributed by atoms with Gasteiger partial charge in [0.1, 0.15) is 5.58 Å². The van der Waals surface area contributed by atoms with E-state index in [0.29, 0.717) is 5.71 Å². The molecule has 0 atom stereocenters. The van der Waals surface area contributed by atoms with Crippen molar-refractivity contribution in [2.75, 3.05) is 4.90 Å². The highest BCUT2D eigenvalue weighted by Gasteiger charge is 2.22. The van der Waals surface area contributed by atoms with Gasteiger partial charge in [0, 0.05) is 27.4 Å². The number of furan rings is 1. The predicted octanol–water partition coefficient (Wildman–Crippen LogP) is 11.2. The first-order valence-electron chi connectivity index (χ1n) is 17.3. The van der Waals surface area contributed by atoms with E-state index in [2.05, 4.69) is 163 Å². The number of fused-ring (bicyclic) bond motifs is 6. The number of aromatic nitrogens is 1. The van der Waals surface area contributed by atoms with Gasteiger partial charge in [-0.05, 0) is 99.3 Å². The first kappa shape index (κ1) is 28.6. The number of benzene rings is 7. The van der Waals surface area contributed by atoms with Gasteiger partial charge in [0.15, 0.2) is 0 Å². The fourth-order valence-corrected chi connectivity index (χ4v) is 7.75. The third kappa shape index (κ3) is 4.70. The maximum absolute atomic E-state index is 6.21. The monoisotopic (exact) mass is 640 g/mol. The topological polar surface area (TPSA) is 29.3 Å². The van der Waals surface area contributed by atoms with Crippen LogP contribution in [-0.4, -0.2) is 4.98 Å². The quantitative estimate of drug-likeness (QED) is 0.187. The molecule has 3 nitrogen and oxygen atoms in total. The number of pyridine rings is 1. The lowest BCUT2D eigenvalue weighted by Gasteiger charge is -2.30. The first-order valence-corrected chi connectivity index (χ1v) is 17.3. The Morgan fingerprint density at radius 2 is 1.30 bits per heavy atom. The number of anilines is 3. The molecule has 0 bridgehead atoms. The molecule has 0 aliphatic heterocycles. The van der Waals surface area contributed by atoms with Gasteiger partial charge in [0.2, 0.25) is 5.71 Å². The van der Waals surface area contributed by atoms with Crippen molar-refractivity contribution in [2.45, 2.75) is 12.8 Å². The van der Waals surface area contributed by atoms with E-state index < -0.39 is 0 Å². The van der Waals surface area contributed by atoms with Crippen LogP contribution in [0.3, 0.4) is 0 Å². The van der Waals surface area contributed by atoms with E-state index in [0.717, 1.165) is 57.2 Å². The summed E-state index contributed by atoms with van der Waals surface area (Å²) >= 11 is 0. The van der Waals surface area contributed by atoms with Crippen LogP contribution in [0.4, 0.5) is 17.1 Å². The number of hydrogen-bond donors (Lipinski definition) is 0. The number of rotatable bonds is 5. The highest BCUT2D eigenvalue weighted by molar-refractivity contribution is 6.10. The maximum Gasteiger partial charge on any atom is 0.227 e. The minimum absolute atomic E-state index is 0.660. The van der Waals surface area contributed by atoms with Crippen LogP contribution < -0.4 is 15.3 Å². The fourth-order valence-electron chi connectivity index (χ4n) is 7.75. The molecule has 0 spiro atoms. The van der Waals surface area contributed by atoms with E-state index in [1.807, 2.05) is 12.1 Å². The Bertz CT molecular complexity index is 2880. The largest absolute Gasteiger partial charge is 0.438 e. The zero-order valence-corrected chi connectivity index (χ0v) is 27.4. The van der Waals surface area contributed by atoms with Crippen LogP contribution >= 0.6 is 0 Å². The third-order valence-electron chi connectivity index (χ3n) is 10.1. The second-order valence-electron chi connectivity index (χ2n) is 13.1. The minimum Gasteiger partial charge on any atom is -0.438 e. The molecule has 50 heavy (non-hydrogen) atoms. The van der Waals surface area contributed by atoms with Crippen molar-refractivity contribution in [1.29, 1.82) is 0 Å². The lowest BCUT2D eigenvalue weighted by molar-refractivity contribution is 0.656. The van der Waals surface area contributed by atoms with Gasteiger partial charge in [-0.1, -0.05) is 121 Å². The van der Waals surface area contributed by atoms with E-state index in [1.165, 1.54) is 43.5 Å². The van der Waals surface area contributed by atoms with Crippen molar-refractivity contribution < 1.29 is 4.42 Å². The average molecular weight is 641 g/mol. The van der Waals surface area contributed by atoms with E-state index >= 15 is 0 Å². The molecule has 0 N–H and O–H groups in total. The Balaban J connectivity index is 1.21. The number of hydrogen-bond acceptors (Lipinski definition) is 3. The van der Waals surface area contributed by atoms with Crippen molar-refractivity contribution >= 4 is 72.5 Å². The molecule has 0 unspecified atom stereocenters. The molecule has 1 aliphatic rings. The summed E-state index contributed by atoms with van der Waals surface area (Å²) in [4.78, 5) is 7.49. The van der Waals surface area contributed by atoms with E-state index in [4.69, 9.17) is 9.40 Å². The van der Waals surface area contributed by atoms with Crippen LogP contribution in [0.5, 0.6) is 0 Å². The highest BCUT2D eigenvalue weighted by Crippen LogP contribution is 2.44. The summed E-state index contributed by atoms with van der Waals surface area (Å²) in [5, 5.41) is 8.27. The van der Waals surface area contributed by atoms with Crippen molar-refractivity contribution in [3.8, 4) is 11.1 Å². The van der Waals surface area contributed by atoms with Crippen LogP contribution in [-0.2, 0) is 0 Å². The summed E-state index contributed by atoms with van der Waals surface area (Å²) in [6, 6.07) is 58.8. The molecule has 2 aromatic heterocycles. The molecule has 2 heterocycles. The molecule has 0 radical (unpaired) electrons. The molecule has 7 aromatic carbocycles. The molecule has 236 valence electrons. The SMILES string of the molecule is C1=c2ccccc2=C(c2ccccc2N(c2ccc(-c3ccc4ccccc4c3)cc2)c2cccc3nc4oc5ccccc5c4cc23)CC1. The third-order valence-corrected chi connectivity index (χ3v) is 10.1. The summed E-state index contributed by atoms with van der Waals surface area (Å²) < 4.78 is 6.21. The van der Waals surface area contributed by atoms with E-state index in [9.17, 15) is 0 Å². The summed E-state index contributed by atoms with van der Waals surface area (Å²) in [5.74, 6) is 0. The number of para-hydroxylation sites is 2. The van der Waals surface area contributed by atoms with Gasteiger partial charge < -0.3 is 9.32 Å². The Morgan fingerprint density at radius 1 is 0.540 bits per heavy atom. The Hall–Kier alpha value is -6.45. The second kappa shape index (κ2) is 11.6. The van der Waals surface area contributed by atoms with E-state index in [-0.39, 0.29) is 0 Å². The molecule has 10 rings (SSSR count). The van der Waals surface area contributed by atoms with Gasteiger partial charge in [-0.25, -0.2) is 4.98 Å². The average Bonchev–Trinajstić information content (AvgIpc) is 3.55. The summed E-state index contributed by atoms with van der Waals surface area (Å²) in [6.07, 6.45) is 4.37. The van der Waals surface area contributed by atoms with E-state index in [1.54, 1.807) is 0 Å². The zero-order valence-electron chi connectivity index (χ0n) is 27.4. The van der Waals surface area contributed by atoms with Crippen molar-refractivity contribution in [3.63, 3.8) is 0 Å². The maximum atomic E-state index is 6.21. The van der Waals surface area contributed by atoms with Gasteiger partial charge in [0.05, 0.1) is 16.9 Å². The molecule has 9 aromatic rings. The fraction of sp³-hybridized carbons (Fsp3) is 0.0426. The lowest BCUT2D eigenvalue weighted by Crippen LogP contribution is -2.29. The molecule has 0 amide bonds. The Morgan fingerprint density at radius 3 is 2.24 bits per heavy atom. The molecule has 0 saturated carbocycles. The van der Waals surface area contributed by atoms with Crippen LogP contribution in [0.1, 0.15) is 18.4 Å². The molecular weight excluding hydrogens is 609 g/mol. The lowest BCUT2D eigenvalue weighted by atomic mass is 9.91. The summed E-state index contributed by atoms with van der Waals surface area (Å²) in [5.41, 5.74) is 10.7. The predicted molar refractivity (Wildman–Crippen MR) is 209 cm³/mol. The van der Waals surface area contributed by atoms with Crippen LogP contribution in [0, 0.1) is 0 Å². The second-order valence-corrected chi connectivity index (χ2v) is 13.1. The van der Waals surface area contributed by atoms with Crippen molar-refractivity contribution in [2.24, 2.45) is 0 Å². The Labute approximate surface area is 289 Å². The zero-order chi connectivity index (χ0) is 33.0. The summed E-state index contributed by atoms with van der Waals surface area (Å²) in [6.45, 7) is 0. The number of nitrogens with zero attached hydrogens (tertiary/aromatic N) is 2. The molecule has 0 saturated heterocycles. The van der Waals surface area contributed by atoms with Gasteiger partial charge in [-0.2, -0.15) is 0 Å². The normalized spacial score (nSPS) is 12.8. The highest BCUT2D eigenvalue weighted by atomic mass is 16.3. The van der Waals surface area contributed by atoms with Crippen molar-refractivity contribution in [1.82, 2.24) is 4.98 Å². The molecule has 3 heteroatoms. The van der Waals surface area contributed by atoms with Crippen molar-refractivity contribution in [3.05, 3.63) is 180 Å². The van der Waals surface area contributed by atoms with Crippen LogP contribution in [0.2, 0.25) is 0 Å². The minimum atomic E-state index is 0.660. The van der Waals surface area contributed by atoms with Gasteiger partial charge in [0.25, 0.3) is 0 Å². The van der Waals surface area contributed by atoms with Gasteiger partial charge >= 0.3 is 0 Å². The van der Waals surface area contributed by atoms with Gasteiger partial charge in [-0.15, -0.1) is 0 Å². The van der Waals surface area contributed by atoms with Gasteiger partial charge in [-0.3, -0.25) is 0 Å². The Kier molecular flexibility index (Phi) is 6.63. The first-order chi connectivity index (χ1) is 24.8.